The Labute approximate surface area is 200 Å². The Hall–Kier alpha value is -3.23. The molecule has 0 aliphatic carbocycles. The van der Waals surface area contributed by atoms with E-state index in [9.17, 15) is 9.59 Å². The number of benzene rings is 2. The molecular formula is C26H32N4O4. The second-order valence-corrected chi connectivity index (χ2v) is 8.83. The fourth-order valence-electron chi connectivity index (χ4n) is 4.21. The van der Waals surface area contributed by atoms with Crippen LogP contribution in [-0.4, -0.2) is 73.9 Å². The Morgan fingerprint density at radius 1 is 1.12 bits per heavy atom. The van der Waals surface area contributed by atoms with Crippen LogP contribution in [0.3, 0.4) is 0 Å². The summed E-state index contributed by atoms with van der Waals surface area (Å²) in [5.74, 6) is 0.0936. The molecule has 34 heavy (non-hydrogen) atoms. The summed E-state index contributed by atoms with van der Waals surface area (Å²) in [6.45, 7) is 5.94. The van der Waals surface area contributed by atoms with E-state index in [2.05, 4.69) is 22.1 Å². The van der Waals surface area contributed by atoms with Crippen LogP contribution in [0.25, 0.3) is 0 Å². The molecule has 1 fully saturated rings. The molecule has 2 atom stereocenters. The number of rotatable bonds is 7. The lowest BCUT2D eigenvalue weighted by Gasteiger charge is -2.30. The number of likely N-dealkylation sites (N-methyl/N-ethyl adjacent to an activating group) is 1. The van der Waals surface area contributed by atoms with Crippen molar-refractivity contribution in [3.8, 4) is 5.75 Å². The molecular weight excluding hydrogens is 432 g/mol. The van der Waals surface area contributed by atoms with Crippen LogP contribution in [0.2, 0.25) is 0 Å². The van der Waals surface area contributed by atoms with Crippen LogP contribution in [0.15, 0.2) is 47.6 Å². The molecule has 1 saturated heterocycles. The zero-order chi connectivity index (χ0) is 24.1. The maximum absolute atomic E-state index is 13.1. The number of ether oxygens (including phenoxy) is 2. The van der Waals surface area contributed by atoms with Crippen molar-refractivity contribution in [3.63, 3.8) is 0 Å². The second-order valence-electron chi connectivity index (χ2n) is 8.83. The van der Waals surface area contributed by atoms with Crippen LogP contribution >= 0.6 is 0 Å². The first-order valence-electron chi connectivity index (χ1n) is 11.8. The van der Waals surface area contributed by atoms with Gasteiger partial charge in [0.25, 0.3) is 0 Å². The van der Waals surface area contributed by atoms with E-state index in [0.29, 0.717) is 29.9 Å². The van der Waals surface area contributed by atoms with Gasteiger partial charge in [-0.3, -0.25) is 20.3 Å². The summed E-state index contributed by atoms with van der Waals surface area (Å²) >= 11 is 0. The van der Waals surface area contributed by atoms with E-state index >= 15 is 0 Å². The van der Waals surface area contributed by atoms with Crippen molar-refractivity contribution in [1.82, 2.24) is 9.91 Å². The fourth-order valence-corrected chi connectivity index (χ4v) is 4.21. The molecule has 2 N–H and O–H groups in total. The molecule has 8 heteroatoms. The third-order valence-corrected chi connectivity index (χ3v) is 6.29. The summed E-state index contributed by atoms with van der Waals surface area (Å²) in [4.78, 5) is 27.3. The van der Waals surface area contributed by atoms with Crippen molar-refractivity contribution in [2.75, 3.05) is 39.8 Å². The van der Waals surface area contributed by atoms with Crippen LogP contribution in [0.5, 0.6) is 5.75 Å². The average molecular weight is 465 g/mol. The minimum absolute atomic E-state index is 0.0674. The third-order valence-electron chi connectivity index (χ3n) is 6.29. The van der Waals surface area contributed by atoms with Crippen molar-refractivity contribution in [1.29, 1.82) is 0 Å². The molecule has 0 saturated carbocycles. The highest BCUT2D eigenvalue weighted by molar-refractivity contribution is 6.09. The highest BCUT2D eigenvalue weighted by Gasteiger charge is 2.30. The SMILES string of the molecule is CCOC(=O)CC1Cc2cc(C(=O)c3ccc(C=NN4CCN(C)CC4)cc3)ccc2OC1N. The summed E-state index contributed by atoms with van der Waals surface area (Å²) in [6, 6.07) is 12.8. The Morgan fingerprint density at radius 3 is 2.53 bits per heavy atom. The van der Waals surface area contributed by atoms with E-state index in [1.165, 1.54) is 0 Å². The molecule has 2 aliphatic heterocycles. The number of nitrogens with zero attached hydrogens (tertiary/aromatic N) is 3. The fraction of sp³-hybridized carbons (Fsp3) is 0.423. The van der Waals surface area contributed by atoms with Gasteiger partial charge in [-0.25, -0.2) is 0 Å². The smallest absolute Gasteiger partial charge is 0.306 e. The summed E-state index contributed by atoms with van der Waals surface area (Å²) in [7, 11) is 2.11. The highest BCUT2D eigenvalue weighted by Crippen LogP contribution is 2.32. The number of piperazine rings is 1. The van der Waals surface area contributed by atoms with Crippen molar-refractivity contribution in [3.05, 3.63) is 64.7 Å². The number of hydrogen-bond acceptors (Lipinski definition) is 8. The average Bonchev–Trinajstić information content (AvgIpc) is 2.84. The van der Waals surface area contributed by atoms with Gasteiger partial charge in [0, 0.05) is 43.2 Å². The molecule has 0 spiro atoms. The molecule has 0 amide bonds. The van der Waals surface area contributed by atoms with Gasteiger partial charge in [0.1, 0.15) is 5.75 Å². The molecule has 2 aromatic carbocycles. The van der Waals surface area contributed by atoms with Gasteiger partial charge in [-0.15, -0.1) is 0 Å². The lowest BCUT2D eigenvalue weighted by atomic mass is 9.90. The lowest BCUT2D eigenvalue weighted by molar-refractivity contribution is -0.145. The zero-order valence-electron chi connectivity index (χ0n) is 19.8. The third kappa shape index (κ3) is 5.81. The number of carbonyl (C=O) groups excluding carboxylic acids is 2. The van der Waals surface area contributed by atoms with Gasteiger partial charge >= 0.3 is 5.97 Å². The van der Waals surface area contributed by atoms with Crippen molar-refractivity contribution in [2.45, 2.75) is 26.0 Å². The predicted molar refractivity (Wildman–Crippen MR) is 130 cm³/mol. The summed E-state index contributed by atoms with van der Waals surface area (Å²) in [5, 5.41) is 6.62. The summed E-state index contributed by atoms with van der Waals surface area (Å²) < 4.78 is 10.8. The van der Waals surface area contributed by atoms with Crippen LogP contribution in [-0.2, 0) is 16.0 Å². The van der Waals surface area contributed by atoms with Crippen molar-refractivity contribution >= 4 is 18.0 Å². The molecule has 0 aromatic heterocycles. The normalized spacial score (nSPS) is 20.6. The molecule has 0 radical (unpaired) electrons. The van der Waals surface area contributed by atoms with Crippen LogP contribution < -0.4 is 10.5 Å². The van der Waals surface area contributed by atoms with Crippen molar-refractivity contribution < 1.29 is 19.1 Å². The Morgan fingerprint density at radius 2 is 1.82 bits per heavy atom. The van der Waals surface area contributed by atoms with Gasteiger partial charge in [0.2, 0.25) is 0 Å². The van der Waals surface area contributed by atoms with E-state index in [1.807, 2.05) is 36.5 Å². The maximum Gasteiger partial charge on any atom is 0.306 e. The topological polar surface area (TPSA) is 97.5 Å². The number of esters is 1. The zero-order valence-corrected chi connectivity index (χ0v) is 19.8. The Bertz CT molecular complexity index is 1050. The second kappa shape index (κ2) is 10.8. The monoisotopic (exact) mass is 464 g/mol. The van der Waals surface area contributed by atoms with E-state index < -0.39 is 6.23 Å². The highest BCUT2D eigenvalue weighted by atomic mass is 16.5. The van der Waals surface area contributed by atoms with Crippen molar-refractivity contribution in [2.24, 2.45) is 16.8 Å². The number of fused-ring (bicyclic) bond motifs is 1. The van der Waals surface area contributed by atoms with Gasteiger partial charge in [0.15, 0.2) is 12.0 Å². The van der Waals surface area contributed by atoms with Crippen LogP contribution in [0.4, 0.5) is 0 Å². The minimum Gasteiger partial charge on any atom is -0.475 e. The number of hydrogen-bond donors (Lipinski definition) is 1. The molecule has 2 heterocycles. The molecule has 2 aliphatic rings. The van der Waals surface area contributed by atoms with Gasteiger partial charge < -0.3 is 14.4 Å². The molecule has 0 bridgehead atoms. The van der Waals surface area contributed by atoms with Gasteiger partial charge in [-0.2, -0.15) is 5.10 Å². The quantitative estimate of drug-likeness (QED) is 0.381. The van der Waals surface area contributed by atoms with E-state index in [-0.39, 0.29) is 24.1 Å². The molecule has 2 aromatic rings. The number of nitrogens with two attached hydrogens (primary N) is 1. The molecule has 2 unspecified atom stereocenters. The molecule has 180 valence electrons. The first-order chi connectivity index (χ1) is 16.4. The predicted octanol–water partition coefficient (Wildman–Crippen LogP) is 2.29. The van der Waals surface area contributed by atoms with E-state index in [0.717, 1.165) is 37.3 Å². The van der Waals surface area contributed by atoms with Crippen LogP contribution in [0.1, 0.15) is 40.4 Å². The first-order valence-corrected chi connectivity index (χ1v) is 11.8. The maximum atomic E-state index is 13.1. The first kappa shape index (κ1) is 23.9. The van der Waals surface area contributed by atoms with Gasteiger partial charge in [0.05, 0.1) is 19.2 Å². The van der Waals surface area contributed by atoms with Crippen LogP contribution in [0, 0.1) is 5.92 Å². The standard InChI is InChI=1S/C26H32N4O4/c1-3-33-24(31)16-22-15-21-14-20(8-9-23(21)34-26(22)27)25(32)19-6-4-18(5-7-19)17-28-30-12-10-29(2)11-13-30/h4-9,14,17,22,26H,3,10-13,15-16,27H2,1-2H3. The number of ketones is 1. The summed E-state index contributed by atoms with van der Waals surface area (Å²) in [5.41, 5.74) is 9.11. The summed E-state index contributed by atoms with van der Waals surface area (Å²) in [6.07, 6.45) is 1.99. The lowest BCUT2D eigenvalue weighted by Crippen LogP contribution is -2.41. The molecule has 8 nitrogen and oxygen atoms in total. The number of hydrazone groups is 1. The largest absolute Gasteiger partial charge is 0.475 e. The van der Waals surface area contributed by atoms with E-state index in [4.69, 9.17) is 15.2 Å². The Kier molecular flexibility index (Phi) is 7.59. The minimum atomic E-state index is -0.585. The number of carbonyl (C=O) groups is 2. The Balaban J connectivity index is 1.42. The molecule has 4 rings (SSSR count). The van der Waals surface area contributed by atoms with Gasteiger partial charge in [-0.05, 0) is 49.7 Å². The van der Waals surface area contributed by atoms with E-state index in [1.54, 1.807) is 19.1 Å². The van der Waals surface area contributed by atoms with Gasteiger partial charge in [-0.1, -0.05) is 24.3 Å².